The first-order valence-electron chi connectivity index (χ1n) is 5.22. The van der Waals surface area contributed by atoms with E-state index in [4.69, 9.17) is 11.6 Å². The van der Waals surface area contributed by atoms with Crippen molar-refractivity contribution in [2.24, 2.45) is 0 Å². The third-order valence-corrected chi connectivity index (χ3v) is 3.34. The number of hydrogen-bond acceptors (Lipinski definition) is 3. The molecule has 9 heteroatoms. The van der Waals surface area contributed by atoms with Crippen LogP contribution in [-0.4, -0.2) is 22.7 Å². The maximum Gasteiger partial charge on any atom is 0.387 e. The van der Waals surface area contributed by atoms with Gasteiger partial charge in [-0.1, -0.05) is 11.6 Å². The van der Waals surface area contributed by atoms with Gasteiger partial charge in [0.15, 0.2) is 0 Å². The summed E-state index contributed by atoms with van der Waals surface area (Å²) in [5.74, 6) is -0.568. The van der Waals surface area contributed by atoms with Crippen LogP contribution in [0.1, 0.15) is 10.5 Å². The molecule has 2 N–H and O–H groups in total. The number of amides is 1. The SMILES string of the molecule is O=C(Nc1ccc(OC(F)F)c(Cl)c1)c1[nH]ncc1I. The normalized spacial score (nSPS) is 10.7. The summed E-state index contributed by atoms with van der Waals surface area (Å²) in [4.78, 5) is 11.9. The zero-order chi connectivity index (χ0) is 14.7. The number of H-pyrrole nitrogens is 1. The Morgan fingerprint density at radius 1 is 1.50 bits per heavy atom. The lowest BCUT2D eigenvalue weighted by molar-refractivity contribution is -0.0497. The lowest BCUT2D eigenvalue weighted by Crippen LogP contribution is -2.13. The predicted molar refractivity (Wildman–Crippen MR) is 77.3 cm³/mol. The number of carbonyl (C=O) groups excluding carboxylic acids is 1. The molecule has 2 rings (SSSR count). The summed E-state index contributed by atoms with van der Waals surface area (Å²) in [5.41, 5.74) is 0.654. The number of aromatic amines is 1. The maximum absolute atomic E-state index is 12.1. The molecule has 0 unspecified atom stereocenters. The Hall–Kier alpha value is -1.42. The van der Waals surface area contributed by atoms with E-state index in [1.54, 1.807) is 0 Å². The van der Waals surface area contributed by atoms with Gasteiger partial charge in [0.25, 0.3) is 5.91 Å². The van der Waals surface area contributed by atoms with Crippen molar-refractivity contribution in [3.63, 3.8) is 0 Å². The van der Waals surface area contributed by atoms with E-state index in [1.165, 1.54) is 24.4 Å². The summed E-state index contributed by atoms with van der Waals surface area (Å²) >= 11 is 7.74. The molecule has 0 saturated carbocycles. The van der Waals surface area contributed by atoms with Crippen LogP contribution < -0.4 is 10.1 Å². The summed E-state index contributed by atoms with van der Waals surface area (Å²) in [7, 11) is 0. The van der Waals surface area contributed by atoms with Gasteiger partial charge < -0.3 is 10.1 Å². The van der Waals surface area contributed by atoms with Crippen molar-refractivity contribution in [1.29, 1.82) is 0 Å². The molecule has 0 radical (unpaired) electrons. The standard InChI is InChI=1S/C11H7ClF2IN3O2/c12-6-3-5(1-2-8(6)20-11(13)14)17-10(19)9-7(15)4-16-18-9/h1-4,11H,(H,16,18)(H,17,19). The third kappa shape index (κ3) is 3.57. The van der Waals surface area contributed by atoms with Crippen molar-refractivity contribution in [1.82, 2.24) is 10.2 Å². The number of nitrogens with zero attached hydrogens (tertiary/aromatic N) is 1. The number of alkyl halides is 2. The minimum absolute atomic E-state index is 0.0255. The molecule has 1 aromatic carbocycles. The Morgan fingerprint density at radius 2 is 2.25 bits per heavy atom. The Morgan fingerprint density at radius 3 is 2.80 bits per heavy atom. The summed E-state index contributed by atoms with van der Waals surface area (Å²) < 4.78 is 29.0. The van der Waals surface area contributed by atoms with Gasteiger partial charge >= 0.3 is 6.61 Å². The number of hydrogen-bond donors (Lipinski definition) is 2. The fraction of sp³-hybridized carbons (Fsp3) is 0.0909. The zero-order valence-electron chi connectivity index (χ0n) is 9.66. The van der Waals surface area contributed by atoms with Gasteiger partial charge in [-0.05, 0) is 40.8 Å². The summed E-state index contributed by atoms with van der Waals surface area (Å²) in [5, 5.41) is 8.82. The second kappa shape index (κ2) is 6.35. The molecule has 0 spiro atoms. The van der Waals surface area contributed by atoms with Crippen molar-refractivity contribution in [3.8, 4) is 5.75 Å². The quantitative estimate of drug-likeness (QED) is 0.754. The predicted octanol–water partition coefficient (Wildman–Crippen LogP) is 3.52. The molecule has 1 aromatic heterocycles. The maximum atomic E-state index is 12.1. The van der Waals surface area contributed by atoms with Crippen molar-refractivity contribution in [3.05, 3.63) is 38.7 Å². The van der Waals surface area contributed by atoms with Crippen LogP contribution in [0.15, 0.2) is 24.4 Å². The first-order chi connectivity index (χ1) is 9.47. The molecule has 20 heavy (non-hydrogen) atoms. The average molecular weight is 414 g/mol. The second-order valence-electron chi connectivity index (χ2n) is 3.57. The first-order valence-corrected chi connectivity index (χ1v) is 6.67. The molecule has 0 aliphatic rings. The Balaban J connectivity index is 2.13. The van der Waals surface area contributed by atoms with Gasteiger partial charge in [-0.3, -0.25) is 9.89 Å². The van der Waals surface area contributed by atoms with Crippen LogP contribution in [0.3, 0.4) is 0 Å². The topological polar surface area (TPSA) is 67.0 Å². The van der Waals surface area contributed by atoms with Crippen LogP contribution in [0, 0.1) is 3.57 Å². The van der Waals surface area contributed by atoms with Gasteiger partial charge in [0.1, 0.15) is 11.4 Å². The minimum Gasteiger partial charge on any atom is -0.433 e. The molecule has 5 nitrogen and oxygen atoms in total. The number of anilines is 1. The highest BCUT2D eigenvalue weighted by atomic mass is 127. The van der Waals surface area contributed by atoms with E-state index in [0.29, 0.717) is 15.0 Å². The highest BCUT2D eigenvalue weighted by Gasteiger charge is 2.14. The van der Waals surface area contributed by atoms with E-state index in [1.807, 2.05) is 22.6 Å². The monoisotopic (exact) mass is 413 g/mol. The van der Waals surface area contributed by atoms with Gasteiger partial charge in [0.2, 0.25) is 0 Å². The Bertz CT molecular complexity index is 636. The summed E-state index contributed by atoms with van der Waals surface area (Å²) in [6.07, 6.45) is 1.50. The van der Waals surface area contributed by atoms with Crippen LogP contribution in [0.2, 0.25) is 5.02 Å². The first kappa shape index (κ1) is 15.0. The highest BCUT2D eigenvalue weighted by Crippen LogP contribution is 2.29. The molecular weight excluding hydrogens is 406 g/mol. The van der Waals surface area contributed by atoms with Crippen molar-refractivity contribution >= 4 is 45.8 Å². The van der Waals surface area contributed by atoms with E-state index in [-0.39, 0.29) is 10.8 Å². The second-order valence-corrected chi connectivity index (χ2v) is 5.14. The number of nitrogens with one attached hydrogen (secondary N) is 2. The molecule has 2 aromatic rings. The largest absolute Gasteiger partial charge is 0.433 e. The number of rotatable bonds is 4. The van der Waals surface area contributed by atoms with Gasteiger partial charge in [-0.2, -0.15) is 13.9 Å². The lowest BCUT2D eigenvalue weighted by Gasteiger charge is -2.09. The van der Waals surface area contributed by atoms with E-state index < -0.39 is 12.5 Å². The molecule has 106 valence electrons. The molecule has 0 saturated heterocycles. The molecule has 0 bridgehead atoms. The summed E-state index contributed by atoms with van der Waals surface area (Å²) in [6.45, 7) is -2.96. The Labute approximate surface area is 130 Å². The fourth-order valence-corrected chi connectivity index (χ4v) is 2.12. The van der Waals surface area contributed by atoms with Gasteiger partial charge in [0, 0.05) is 5.69 Å². The fourth-order valence-electron chi connectivity index (χ4n) is 1.39. The lowest BCUT2D eigenvalue weighted by atomic mass is 10.3. The molecule has 0 aliphatic heterocycles. The number of halogens is 4. The highest BCUT2D eigenvalue weighted by molar-refractivity contribution is 14.1. The minimum atomic E-state index is -2.96. The Kier molecular flexibility index (Phi) is 4.76. The number of ether oxygens (including phenoxy) is 1. The number of aromatic nitrogens is 2. The van der Waals surface area contributed by atoms with Crippen LogP contribution >= 0.6 is 34.2 Å². The average Bonchev–Trinajstić information content (AvgIpc) is 2.78. The number of carbonyl (C=O) groups is 1. The molecule has 0 fully saturated rings. The number of benzene rings is 1. The van der Waals surface area contributed by atoms with Crippen molar-refractivity contribution < 1.29 is 18.3 Å². The van der Waals surface area contributed by atoms with Gasteiger partial charge in [-0.15, -0.1) is 0 Å². The van der Waals surface area contributed by atoms with Gasteiger partial charge in [-0.25, -0.2) is 0 Å². The van der Waals surface area contributed by atoms with Gasteiger partial charge in [0.05, 0.1) is 14.8 Å². The van der Waals surface area contributed by atoms with Crippen molar-refractivity contribution in [2.45, 2.75) is 6.61 Å². The molecule has 1 amide bonds. The molecular formula is C11H7ClF2IN3O2. The zero-order valence-corrected chi connectivity index (χ0v) is 12.6. The molecule has 0 atom stereocenters. The van der Waals surface area contributed by atoms with Crippen LogP contribution in [0.5, 0.6) is 5.75 Å². The van der Waals surface area contributed by atoms with E-state index >= 15 is 0 Å². The molecule has 1 heterocycles. The van der Waals surface area contributed by atoms with E-state index in [9.17, 15) is 13.6 Å². The van der Waals surface area contributed by atoms with Crippen LogP contribution in [0.25, 0.3) is 0 Å². The van der Waals surface area contributed by atoms with Crippen LogP contribution in [0.4, 0.5) is 14.5 Å². The summed E-state index contributed by atoms with van der Waals surface area (Å²) in [6, 6.07) is 3.98. The third-order valence-electron chi connectivity index (χ3n) is 2.23. The van der Waals surface area contributed by atoms with E-state index in [2.05, 4.69) is 20.3 Å². The molecule has 0 aliphatic carbocycles. The van der Waals surface area contributed by atoms with Crippen molar-refractivity contribution in [2.75, 3.05) is 5.32 Å². The van der Waals surface area contributed by atoms with Crippen LogP contribution in [-0.2, 0) is 0 Å². The van der Waals surface area contributed by atoms with E-state index in [0.717, 1.165) is 0 Å². The smallest absolute Gasteiger partial charge is 0.387 e.